The molecular weight excluding hydrogens is 174 g/mol. The molecule has 1 aromatic heterocycles. The summed E-state index contributed by atoms with van der Waals surface area (Å²) in [6.45, 7) is 2.24. The van der Waals surface area contributed by atoms with Crippen molar-refractivity contribution in [3.05, 3.63) is 36.7 Å². The van der Waals surface area contributed by atoms with Crippen molar-refractivity contribution in [1.29, 1.82) is 0 Å². The Morgan fingerprint density at radius 1 is 1.43 bits per heavy atom. The van der Waals surface area contributed by atoms with Crippen LogP contribution in [0.25, 0.3) is 0 Å². The summed E-state index contributed by atoms with van der Waals surface area (Å²) in [6.07, 6.45) is 12.6. The number of likely N-dealkylation sites (N-methyl/N-ethyl adjacent to an activating group) is 1. The number of rotatable bonds is 0. The fraction of sp³-hybridized carbons (Fsp3) is 0.364. The predicted molar refractivity (Wildman–Crippen MR) is 56.3 cm³/mol. The zero-order valence-electron chi connectivity index (χ0n) is 8.38. The maximum atomic E-state index is 4.37. The number of hydrogen-bond acceptors (Lipinski definition) is 2. The van der Waals surface area contributed by atoms with Crippen LogP contribution < -0.4 is 4.90 Å². The van der Waals surface area contributed by atoms with Crippen LogP contribution in [0.1, 0.15) is 6.92 Å². The smallest absolute Gasteiger partial charge is 0.206 e. The lowest BCUT2D eigenvalue weighted by Gasteiger charge is -2.32. The Morgan fingerprint density at radius 3 is 3.14 bits per heavy atom. The van der Waals surface area contributed by atoms with E-state index in [0.29, 0.717) is 6.04 Å². The molecule has 3 rings (SSSR count). The van der Waals surface area contributed by atoms with Crippen molar-refractivity contribution in [2.24, 2.45) is 0 Å². The van der Waals surface area contributed by atoms with E-state index in [2.05, 4.69) is 58.9 Å². The molecule has 2 heterocycles. The second-order valence-corrected chi connectivity index (χ2v) is 4.12. The monoisotopic (exact) mass is 187 g/mol. The van der Waals surface area contributed by atoms with Crippen molar-refractivity contribution in [1.82, 2.24) is 9.55 Å². The Bertz CT molecular complexity index is 429. The van der Waals surface area contributed by atoms with Crippen LogP contribution in [0.4, 0.5) is 5.95 Å². The predicted octanol–water partition coefficient (Wildman–Crippen LogP) is 1.54. The number of allylic oxidation sites excluding steroid dienone is 2. The maximum Gasteiger partial charge on any atom is 0.206 e. The van der Waals surface area contributed by atoms with Gasteiger partial charge in [-0.25, -0.2) is 4.98 Å². The summed E-state index contributed by atoms with van der Waals surface area (Å²) in [4.78, 5) is 6.59. The van der Waals surface area contributed by atoms with Gasteiger partial charge in [-0.2, -0.15) is 0 Å². The highest BCUT2D eigenvalue weighted by atomic mass is 15.4. The molecule has 72 valence electrons. The Hall–Kier alpha value is -1.51. The first-order chi connectivity index (χ1) is 6.73. The van der Waals surface area contributed by atoms with Crippen molar-refractivity contribution in [3.63, 3.8) is 0 Å². The van der Waals surface area contributed by atoms with Crippen molar-refractivity contribution in [3.8, 4) is 0 Å². The topological polar surface area (TPSA) is 21.1 Å². The third-order valence-electron chi connectivity index (χ3n) is 3.31. The summed E-state index contributed by atoms with van der Waals surface area (Å²) < 4.78 is 2.23. The third kappa shape index (κ3) is 0.710. The van der Waals surface area contributed by atoms with Crippen LogP contribution in [0.3, 0.4) is 0 Å². The SMILES string of the molecule is CN1c2nccn2[C@@]2(C)C=CC=CC12. The van der Waals surface area contributed by atoms with Crippen LogP contribution in [0, 0.1) is 0 Å². The molecule has 14 heavy (non-hydrogen) atoms. The van der Waals surface area contributed by atoms with E-state index in [1.54, 1.807) is 0 Å². The number of hydrogen-bond donors (Lipinski definition) is 0. The van der Waals surface area contributed by atoms with Crippen LogP contribution >= 0.6 is 0 Å². The Morgan fingerprint density at radius 2 is 2.29 bits per heavy atom. The summed E-state index contributed by atoms with van der Waals surface area (Å²) in [5, 5.41) is 0. The minimum absolute atomic E-state index is 0.0370. The van der Waals surface area contributed by atoms with Crippen molar-refractivity contribution in [2.75, 3.05) is 11.9 Å². The standard InChI is InChI=1S/C11H13N3/c1-11-6-4-3-5-9(11)13(2)10-12-7-8-14(10)11/h3-9H,1-2H3/t9?,11-/m0/s1. The summed E-state index contributed by atoms with van der Waals surface area (Å²) in [5.74, 6) is 1.05. The molecule has 2 atom stereocenters. The summed E-state index contributed by atoms with van der Waals surface area (Å²) in [7, 11) is 2.10. The molecule has 0 amide bonds. The van der Waals surface area contributed by atoms with E-state index in [1.165, 1.54) is 0 Å². The average Bonchev–Trinajstić information content (AvgIpc) is 2.72. The molecule has 1 aliphatic heterocycles. The first-order valence-electron chi connectivity index (χ1n) is 4.86. The van der Waals surface area contributed by atoms with Gasteiger partial charge in [-0.15, -0.1) is 0 Å². The molecule has 0 radical (unpaired) electrons. The van der Waals surface area contributed by atoms with E-state index in [9.17, 15) is 0 Å². The van der Waals surface area contributed by atoms with Crippen LogP contribution in [-0.2, 0) is 5.54 Å². The highest BCUT2D eigenvalue weighted by Crippen LogP contribution is 2.40. The van der Waals surface area contributed by atoms with Gasteiger partial charge in [0.2, 0.25) is 5.95 Å². The van der Waals surface area contributed by atoms with Gasteiger partial charge >= 0.3 is 0 Å². The normalized spacial score (nSPS) is 33.3. The largest absolute Gasteiger partial charge is 0.336 e. The minimum atomic E-state index is 0.0370. The molecule has 0 saturated carbocycles. The molecule has 1 aliphatic carbocycles. The molecule has 0 aromatic carbocycles. The van der Waals surface area contributed by atoms with Crippen molar-refractivity contribution in [2.45, 2.75) is 18.5 Å². The molecule has 2 aliphatic rings. The van der Waals surface area contributed by atoms with Gasteiger partial charge in [-0.1, -0.05) is 24.3 Å². The molecule has 1 aromatic rings. The number of aromatic nitrogens is 2. The van der Waals surface area contributed by atoms with E-state index in [4.69, 9.17) is 0 Å². The molecule has 0 N–H and O–H groups in total. The van der Waals surface area contributed by atoms with Crippen LogP contribution in [0.5, 0.6) is 0 Å². The van der Waals surface area contributed by atoms with Gasteiger partial charge in [0.1, 0.15) is 0 Å². The van der Waals surface area contributed by atoms with E-state index >= 15 is 0 Å². The Balaban J connectivity index is 2.24. The van der Waals surface area contributed by atoms with Gasteiger partial charge in [0.15, 0.2) is 0 Å². The maximum absolute atomic E-state index is 4.37. The lowest BCUT2D eigenvalue weighted by atomic mass is 9.89. The fourth-order valence-corrected chi connectivity index (χ4v) is 2.51. The highest BCUT2D eigenvalue weighted by Gasteiger charge is 2.44. The molecule has 0 fully saturated rings. The number of imidazole rings is 1. The van der Waals surface area contributed by atoms with Crippen LogP contribution in [0.2, 0.25) is 0 Å². The summed E-state index contributed by atoms with van der Waals surface area (Å²) >= 11 is 0. The first-order valence-corrected chi connectivity index (χ1v) is 4.86. The molecule has 0 spiro atoms. The van der Waals surface area contributed by atoms with Gasteiger partial charge in [0.25, 0.3) is 0 Å². The molecule has 3 nitrogen and oxygen atoms in total. The Labute approximate surface area is 83.4 Å². The van der Waals surface area contributed by atoms with E-state index in [1.807, 2.05) is 6.20 Å². The molecule has 1 unspecified atom stereocenters. The quantitative estimate of drug-likeness (QED) is 0.614. The lowest BCUT2D eigenvalue weighted by molar-refractivity contribution is 0.411. The minimum Gasteiger partial charge on any atom is -0.336 e. The summed E-state index contributed by atoms with van der Waals surface area (Å²) in [6, 6.07) is 0.399. The van der Waals surface area contributed by atoms with E-state index in [0.717, 1.165) is 5.95 Å². The molecule has 0 saturated heterocycles. The fourth-order valence-electron chi connectivity index (χ4n) is 2.51. The zero-order chi connectivity index (χ0) is 9.76. The highest BCUT2D eigenvalue weighted by molar-refractivity contribution is 5.48. The Kier molecular flexibility index (Phi) is 1.29. The van der Waals surface area contributed by atoms with Gasteiger partial charge in [-0.05, 0) is 6.92 Å². The van der Waals surface area contributed by atoms with Gasteiger partial charge in [0.05, 0.1) is 11.6 Å². The molecule has 0 bridgehead atoms. The van der Waals surface area contributed by atoms with Gasteiger partial charge in [-0.3, -0.25) is 0 Å². The number of fused-ring (bicyclic) bond motifs is 3. The lowest BCUT2D eigenvalue weighted by Crippen LogP contribution is -2.41. The van der Waals surface area contributed by atoms with E-state index < -0.39 is 0 Å². The van der Waals surface area contributed by atoms with Crippen LogP contribution in [-0.4, -0.2) is 22.6 Å². The van der Waals surface area contributed by atoms with Gasteiger partial charge in [0, 0.05) is 19.4 Å². The number of nitrogens with zero attached hydrogens (tertiary/aromatic N) is 3. The second-order valence-electron chi connectivity index (χ2n) is 4.12. The third-order valence-corrected chi connectivity index (χ3v) is 3.31. The average molecular weight is 187 g/mol. The van der Waals surface area contributed by atoms with E-state index in [-0.39, 0.29) is 5.54 Å². The number of anilines is 1. The van der Waals surface area contributed by atoms with Crippen molar-refractivity contribution >= 4 is 5.95 Å². The second kappa shape index (κ2) is 2.29. The van der Waals surface area contributed by atoms with Crippen molar-refractivity contribution < 1.29 is 0 Å². The molecular formula is C11H13N3. The summed E-state index contributed by atoms with van der Waals surface area (Å²) in [5.41, 5.74) is 0.0370. The van der Waals surface area contributed by atoms with Gasteiger partial charge < -0.3 is 9.47 Å². The molecule has 3 heteroatoms. The van der Waals surface area contributed by atoms with Crippen LogP contribution in [0.15, 0.2) is 36.7 Å². The zero-order valence-corrected chi connectivity index (χ0v) is 8.38. The first kappa shape index (κ1) is 7.85.